The number of anilines is 1. The molecule has 1 aliphatic carbocycles. The van der Waals surface area contributed by atoms with Gasteiger partial charge in [-0.15, -0.1) is 0 Å². The van der Waals surface area contributed by atoms with Gasteiger partial charge in [0.1, 0.15) is 0 Å². The first kappa shape index (κ1) is 15.3. The zero-order valence-corrected chi connectivity index (χ0v) is 14.5. The highest BCUT2D eigenvalue weighted by molar-refractivity contribution is 5.81. The molecule has 0 amide bonds. The summed E-state index contributed by atoms with van der Waals surface area (Å²) in [5.74, 6) is 2.73. The van der Waals surface area contributed by atoms with E-state index in [-0.39, 0.29) is 0 Å². The third-order valence-electron chi connectivity index (χ3n) is 5.14. The summed E-state index contributed by atoms with van der Waals surface area (Å²) < 4.78 is 0. The van der Waals surface area contributed by atoms with Crippen molar-refractivity contribution >= 4 is 16.6 Å². The van der Waals surface area contributed by atoms with E-state index in [1.54, 1.807) is 0 Å². The number of aromatic nitrogens is 1. The third kappa shape index (κ3) is 2.60. The first-order valence-corrected chi connectivity index (χ1v) is 8.64. The molecule has 22 heavy (non-hydrogen) atoms. The average Bonchev–Trinajstić information content (AvgIpc) is 3.06. The highest BCUT2D eigenvalue weighted by Crippen LogP contribution is 2.60. The molecule has 1 aromatic heterocycles. The van der Waals surface area contributed by atoms with Gasteiger partial charge in [0, 0.05) is 18.5 Å². The minimum Gasteiger partial charge on any atom is -0.370 e. The van der Waals surface area contributed by atoms with E-state index in [1.807, 2.05) is 26.1 Å². The van der Waals surface area contributed by atoms with Crippen molar-refractivity contribution in [2.45, 2.75) is 34.6 Å². The number of hydrogen-bond acceptors (Lipinski definition) is 2. The van der Waals surface area contributed by atoms with Gasteiger partial charge in [-0.25, -0.2) is 0 Å². The minimum absolute atomic E-state index is 0.475. The zero-order chi connectivity index (χ0) is 15.9. The number of pyridine rings is 1. The maximum Gasteiger partial charge on any atom is 0.0703 e. The molecule has 0 spiro atoms. The van der Waals surface area contributed by atoms with Crippen molar-refractivity contribution in [1.82, 2.24) is 4.98 Å². The molecule has 2 nitrogen and oxygen atoms in total. The summed E-state index contributed by atoms with van der Waals surface area (Å²) in [4.78, 5) is 7.12. The van der Waals surface area contributed by atoms with Gasteiger partial charge >= 0.3 is 0 Å². The summed E-state index contributed by atoms with van der Waals surface area (Å²) in [6.45, 7) is 13.6. The highest BCUT2D eigenvalue weighted by Gasteiger charge is 2.59. The van der Waals surface area contributed by atoms with E-state index in [2.05, 4.69) is 54.9 Å². The standard InChI is InChI=1S/C18H22N2.C2H6/c1-18(2,3)17-14-10-20(11-15(14)17)13-8-12-6-4-5-7-16(12)19-9-13;1-2/h4-9,14-15,17H,10-11H2,1-3H3;1-2H3. The van der Waals surface area contributed by atoms with Crippen LogP contribution in [0.2, 0.25) is 0 Å². The largest absolute Gasteiger partial charge is 0.370 e. The molecule has 0 radical (unpaired) electrons. The van der Waals surface area contributed by atoms with Gasteiger partial charge in [-0.1, -0.05) is 52.8 Å². The molecule has 0 bridgehead atoms. The Balaban J connectivity index is 0.000000693. The normalized spacial score (nSPS) is 26.4. The molecular weight excluding hydrogens is 268 g/mol. The second-order valence-corrected chi connectivity index (χ2v) is 7.51. The molecule has 1 saturated heterocycles. The number of para-hydroxylation sites is 1. The molecule has 2 heteroatoms. The fourth-order valence-corrected chi connectivity index (χ4v) is 4.25. The number of benzene rings is 1. The Morgan fingerprint density at radius 1 is 1.05 bits per heavy atom. The van der Waals surface area contributed by atoms with Crippen molar-refractivity contribution < 1.29 is 0 Å². The lowest BCUT2D eigenvalue weighted by Gasteiger charge is -2.27. The van der Waals surface area contributed by atoms with Crippen LogP contribution in [-0.2, 0) is 0 Å². The van der Waals surface area contributed by atoms with Crippen LogP contribution in [-0.4, -0.2) is 18.1 Å². The molecule has 118 valence electrons. The molecule has 2 fully saturated rings. The predicted octanol–water partition coefficient (Wildman–Crippen LogP) is 4.99. The lowest BCUT2D eigenvalue weighted by atomic mass is 9.87. The van der Waals surface area contributed by atoms with Crippen molar-refractivity contribution in [2.24, 2.45) is 23.2 Å². The molecule has 1 aromatic carbocycles. The van der Waals surface area contributed by atoms with Crippen LogP contribution in [0.25, 0.3) is 10.9 Å². The molecule has 2 aromatic rings. The molecule has 2 unspecified atom stereocenters. The van der Waals surface area contributed by atoms with Crippen LogP contribution >= 0.6 is 0 Å². The van der Waals surface area contributed by atoms with Crippen LogP contribution in [0.15, 0.2) is 36.5 Å². The zero-order valence-electron chi connectivity index (χ0n) is 14.5. The van der Waals surface area contributed by atoms with Crippen molar-refractivity contribution in [1.29, 1.82) is 0 Å². The Morgan fingerprint density at radius 3 is 2.32 bits per heavy atom. The monoisotopic (exact) mass is 296 g/mol. The quantitative estimate of drug-likeness (QED) is 0.737. The first-order chi connectivity index (χ1) is 10.5. The van der Waals surface area contributed by atoms with E-state index in [0.717, 1.165) is 23.3 Å². The molecule has 2 heterocycles. The fourth-order valence-electron chi connectivity index (χ4n) is 4.25. The number of nitrogens with zero attached hydrogens (tertiary/aromatic N) is 2. The van der Waals surface area contributed by atoms with Crippen molar-refractivity contribution in [3.63, 3.8) is 0 Å². The Kier molecular flexibility index (Phi) is 3.88. The predicted molar refractivity (Wildman–Crippen MR) is 95.2 cm³/mol. The Hall–Kier alpha value is -1.57. The van der Waals surface area contributed by atoms with E-state index in [0.29, 0.717) is 5.41 Å². The van der Waals surface area contributed by atoms with Crippen LogP contribution in [0.1, 0.15) is 34.6 Å². The smallest absolute Gasteiger partial charge is 0.0703 e. The number of fused-ring (bicyclic) bond motifs is 2. The van der Waals surface area contributed by atoms with Gasteiger partial charge in [-0.05, 0) is 35.3 Å². The average molecular weight is 296 g/mol. The molecular formula is C20H28N2. The Bertz CT molecular complexity index is 644. The molecule has 1 aliphatic heterocycles. The number of piperidine rings is 1. The second kappa shape index (κ2) is 5.57. The number of hydrogen-bond donors (Lipinski definition) is 0. The van der Waals surface area contributed by atoms with Gasteiger partial charge in [0.25, 0.3) is 0 Å². The van der Waals surface area contributed by atoms with Gasteiger partial charge < -0.3 is 4.90 Å². The summed E-state index contributed by atoms with van der Waals surface area (Å²) in [6, 6.07) is 10.7. The summed E-state index contributed by atoms with van der Waals surface area (Å²) in [5.41, 5.74) is 2.86. The minimum atomic E-state index is 0.475. The Morgan fingerprint density at radius 2 is 1.68 bits per heavy atom. The Labute approximate surface area is 134 Å². The van der Waals surface area contributed by atoms with Crippen molar-refractivity contribution in [2.75, 3.05) is 18.0 Å². The number of rotatable bonds is 1. The fraction of sp³-hybridized carbons (Fsp3) is 0.550. The van der Waals surface area contributed by atoms with Crippen LogP contribution in [0, 0.1) is 23.2 Å². The molecule has 1 saturated carbocycles. The van der Waals surface area contributed by atoms with Crippen LogP contribution in [0.5, 0.6) is 0 Å². The molecule has 4 rings (SSSR count). The lowest BCUT2D eigenvalue weighted by molar-refractivity contribution is 0.309. The van der Waals surface area contributed by atoms with E-state index in [4.69, 9.17) is 0 Å². The van der Waals surface area contributed by atoms with Crippen LogP contribution < -0.4 is 4.90 Å². The summed E-state index contributed by atoms with van der Waals surface area (Å²) >= 11 is 0. The van der Waals surface area contributed by atoms with Gasteiger partial charge in [0.05, 0.1) is 17.4 Å². The van der Waals surface area contributed by atoms with E-state index >= 15 is 0 Å². The van der Waals surface area contributed by atoms with Crippen LogP contribution in [0.3, 0.4) is 0 Å². The highest BCUT2D eigenvalue weighted by atomic mass is 15.2. The summed E-state index contributed by atoms with van der Waals surface area (Å²) in [6.07, 6.45) is 2.04. The molecule has 2 aliphatic rings. The maximum absolute atomic E-state index is 4.59. The summed E-state index contributed by atoms with van der Waals surface area (Å²) in [7, 11) is 0. The van der Waals surface area contributed by atoms with Gasteiger partial charge in [0.15, 0.2) is 0 Å². The van der Waals surface area contributed by atoms with Crippen molar-refractivity contribution in [3.05, 3.63) is 36.5 Å². The second-order valence-electron chi connectivity index (χ2n) is 7.51. The van der Waals surface area contributed by atoms with Crippen molar-refractivity contribution in [3.8, 4) is 0 Å². The van der Waals surface area contributed by atoms with Crippen LogP contribution in [0.4, 0.5) is 5.69 Å². The topological polar surface area (TPSA) is 16.1 Å². The lowest BCUT2D eigenvalue weighted by Crippen LogP contribution is -2.27. The van der Waals surface area contributed by atoms with E-state index in [1.165, 1.54) is 24.2 Å². The van der Waals surface area contributed by atoms with E-state index < -0.39 is 0 Å². The van der Waals surface area contributed by atoms with E-state index in [9.17, 15) is 0 Å². The van der Waals surface area contributed by atoms with Gasteiger partial charge in [-0.3, -0.25) is 4.98 Å². The molecule has 0 N–H and O–H groups in total. The SMILES string of the molecule is CC.CC(C)(C)C1C2CN(c3cnc4ccccc4c3)CC21. The third-order valence-corrected chi connectivity index (χ3v) is 5.14. The molecule has 2 atom stereocenters. The maximum atomic E-state index is 4.59. The van der Waals surface area contributed by atoms with Gasteiger partial charge in [-0.2, -0.15) is 0 Å². The first-order valence-electron chi connectivity index (χ1n) is 8.64. The summed E-state index contributed by atoms with van der Waals surface area (Å²) in [5, 5.41) is 1.25. The van der Waals surface area contributed by atoms with Gasteiger partial charge in [0.2, 0.25) is 0 Å².